The van der Waals surface area contributed by atoms with Crippen LogP contribution in [0.2, 0.25) is 0 Å². The molecular formula is C12H23NO3. The summed E-state index contributed by atoms with van der Waals surface area (Å²) in [4.78, 5) is 13.8. The number of rotatable bonds is 2. The maximum Gasteiger partial charge on any atom is 0.412 e. The molecule has 0 saturated carbocycles. The first-order valence-electron chi connectivity index (χ1n) is 5.93. The van der Waals surface area contributed by atoms with Crippen LogP contribution in [0.15, 0.2) is 0 Å². The minimum atomic E-state index is -0.448. The van der Waals surface area contributed by atoms with E-state index in [0.29, 0.717) is 0 Å². The van der Waals surface area contributed by atoms with E-state index in [4.69, 9.17) is 9.47 Å². The van der Waals surface area contributed by atoms with Gasteiger partial charge >= 0.3 is 6.09 Å². The monoisotopic (exact) mass is 229 g/mol. The fourth-order valence-electron chi connectivity index (χ4n) is 2.06. The van der Waals surface area contributed by atoms with E-state index in [1.165, 1.54) is 0 Å². The molecule has 1 unspecified atom stereocenters. The molecule has 1 heterocycles. The van der Waals surface area contributed by atoms with Crippen molar-refractivity contribution in [1.29, 1.82) is 0 Å². The zero-order valence-electron chi connectivity index (χ0n) is 10.9. The van der Waals surface area contributed by atoms with E-state index in [2.05, 4.69) is 6.92 Å². The zero-order chi connectivity index (χ0) is 12.3. The number of carbonyl (C=O) groups is 1. The minimum Gasteiger partial charge on any atom is -0.444 e. The standard InChI is InChI=1S/C12H23NO3/c1-6-9-7-8-10(15-5)13(9)11(14)16-12(2,3)4/h9-10H,6-8H2,1-5H3/t9-,10?/m0/s1. The maximum atomic E-state index is 12.0. The Morgan fingerprint density at radius 1 is 1.38 bits per heavy atom. The molecule has 1 fully saturated rings. The minimum absolute atomic E-state index is 0.125. The van der Waals surface area contributed by atoms with Crippen molar-refractivity contribution >= 4 is 6.09 Å². The number of hydrogen-bond acceptors (Lipinski definition) is 3. The normalized spacial score (nSPS) is 25.9. The van der Waals surface area contributed by atoms with Crippen molar-refractivity contribution in [2.75, 3.05) is 7.11 Å². The summed E-state index contributed by atoms with van der Waals surface area (Å²) in [5.74, 6) is 0. The Bertz CT molecular complexity index is 235. The fourth-order valence-corrected chi connectivity index (χ4v) is 2.06. The zero-order valence-corrected chi connectivity index (χ0v) is 10.9. The summed E-state index contributed by atoms with van der Waals surface area (Å²) in [5, 5.41) is 0. The molecule has 4 nitrogen and oxygen atoms in total. The molecule has 0 aromatic heterocycles. The topological polar surface area (TPSA) is 38.8 Å². The van der Waals surface area contributed by atoms with Crippen LogP contribution < -0.4 is 0 Å². The van der Waals surface area contributed by atoms with E-state index in [0.717, 1.165) is 19.3 Å². The summed E-state index contributed by atoms with van der Waals surface area (Å²) >= 11 is 0. The second-order valence-corrected chi connectivity index (χ2v) is 5.22. The molecule has 94 valence electrons. The van der Waals surface area contributed by atoms with Crippen LogP contribution in [-0.4, -0.2) is 36.0 Å². The lowest BCUT2D eigenvalue weighted by Gasteiger charge is -2.31. The van der Waals surface area contributed by atoms with Gasteiger partial charge in [0, 0.05) is 13.2 Å². The highest BCUT2D eigenvalue weighted by Gasteiger charge is 2.38. The molecule has 0 bridgehead atoms. The lowest BCUT2D eigenvalue weighted by Crippen LogP contribution is -2.44. The first-order valence-corrected chi connectivity index (χ1v) is 5.93. The molecule has 16 heavy (non-hydrogen) atoms. The van der Waals surface area contributed by atoms with Gasteiger partial charge in [0.1, 0.15) is 11.8 Å². The van der Waals surface area contributed by atoms with Gasteiger partial charge in [0.05, 0.1) is 0 Å². The Labute approximate surface area is 97.9 Å². The van der Waals surface area contributed by atoms with Crippen LogP contribution >= 0.6 is 0 Å². The summed E-state index contributed by atoms with van der Waals surface area (Å²) < 4.78 is 10.7. The lowest BCUT2D eigenvalue weighted by atomic mass is 10.2. The summed E-state index contributed by atoms with van der Waals surface area (Å²) in [6.45, 7) is 7.72. The van der Waals surface area contributed by atoms with Crippen molar-refractivity contribution in [3.05, 3.63) is 0 Å². The average molecular weight is 229 g/mol. The van der Waals surface area contributed by atoms with Gasteiger partial charge in [-0.2, -0.15) is 0 Å². The predicted molar refractivity (Wildman–Crippen MR) is 62.2 cm³/mol. The first kappa shape index (κ1) is 13.3. The van der Waals surface area contributed by atoms with Gasteiger partial charge in [-0.15, -0.1) is 0 Å². The van der Waals surface area contributed by atoms with E-state index in [9.17, 15) is 4.79 Å². The highest BCUT2D eigenvalue weighted by molar-refractivity contribution is 5.69. The van der Waals surface area contributed by atoms with Crippen molar-refractivity contribution in [3.8, 4) is 0 Å². The van der Waals surface area contributed by atoms with Gasteiger partial charge in [-0.1, -0.05) is 6.92 Å². The van der Waals surface area contributed by atoms with Gasteiger partial charge in [0.2, 0.25) is 0 Å². The average Bonchev–Trinajstić information content (AvgIpc) is 2.57. The smallest absolute Gasteiger partial charge is 0.412 e. The van der Waals surface area contributed by atoms with Crippen LogP contribution in [0.25, 0.3) is 0 Å². The third-order valence-electron chi connectivity index (χ3n) is 2.80. The Hall–Kier alpha value is -0.770. The number of likely N-dealkylation sites (tertiary alicyclic amines) is 1. The van der Waals surface area contributed by atoms with E-state index < -0.39 is 5.60 Å². The SMILES string of the molecule is CC[C@H]1CCC(OC)N1C(=O)OC(C)(C)C. The van der Waals surface area contributed by atoms with E-state index in [1.807, 2.05) is 20.8 Å². The molecule has 1 amide bonds. The van der Waals surface area contributed by atoms with Gasteiger partial charge in [-0.3, -0.25) is 4.90 Å². The van der Waals surface area contributed by atoms with E-state index >= 15 is 0 Å². The molecule has 1 aliphatic rings. The number of methoxy groups -OCH3 is 1. The molecule has 0 aliphatic carbocycles. The second kappa shape index (κ2) is 5.04. The molecule has 0 aromatic rings. The van der Waals surface area contributed by atoms with Crippen molar-refractivity contribution in [2.45, 2.75) is 64.8 Å². The largest absolute Gasteiger partial charge is 0.444 e. The van der Waals surface area contributed by atoms with Gasteiger partial charge in [0.15, 0.2) is 0 Å². The number of nitrogens with zero attached hydrogens (tertiary/aromatic N) is 1. The summed E-state index contributed by atoms with van der Waals surface area (Å²) in [6.07, 6.45) is 2.45. The quantitative estimate of drug-likeness (QED) is 0.731. The Morgan fingerprint density at radius 3 is 2.44 bits per heavy atom. The van der Waals surface area contributed by atoms with Crippen LogP contribution in [0.1, 0.15) is 47.0 Å². The Balaban J connectivity index is 2.70. The van der Waals surface area contributed by atoms with Crippen LogP contribution in [0, 0.1) is 0 Å². The molecule has 1 saturated heterocycles. The lowest BCUT2D eigenvalue weighted by molar-refractivity contribution is -0.0419. The van der Waals surface area contributed by atoms with Gasteiger partial charge < -0.3 is 9.47 Å². The van der Waals surface area contributed by atoms with Crippen molar-refractivity contribution in [2.24, 2.45) is 0 Å². The summed E-state index contributed by atoms with van der Waals surface area (Å²) in [6, 6.07) is 0.250. The number of hydrogen-bond donors (Lipinski definition) is 0. The third kappa shape index (κ3) is 3.11. The highest BCUT2D eigenvalue weighted by atomic mass is 16.6. The molecule has 4 heteroatoms. The van der Waals surface area contributed by atoms with Crippen LogP contribution in [0.3, 0.4) is 0 Å². The summed E-state index contributed by atoms with van der Waals surface area (Å²) in [7, 11) is 1.64. The van der Waals surface area contributed by atoms with E-state index in [1.54, 1.807) is 12.0 Å². The summed E-state index contributed by atoms with van der Waals surface area (Å²) in [5.41, 5.74) is -0.448. The van der Waals surface area contributed by atoms with Gasteiger partial charge in [-0.25, -0.2) is 4.79 Å². The number of carbonyl (C=O) groups excluding carboxylic acids is 1. The molecule has 1 aliphatic heterocycles. The second-order valence-electron chi connectivity index (χ2n) is 5.22. The number of ether oxygens (including phenoxy) is 2. The molecule has 0 spiro atoms. The molecule has 0 aromatic carbocycles. The molecular weight excluding hydrogens is 206 g/mol. The van der Waals surface area contributed by atoms with Crippen molar-refractivity contribution in [3.63, 3.8) is 0 Å². The Kier molecular flexibility index (Phi) is 4.19. The van der Waals surface area contributed by atoms with E-state index in [-0.39, 0.29) is 18.4 Å². The van der Waals surface area contributed by atoms with Gasteiger partial charge in [-0.05, 0) is 40.0 Å². The molecule has 2 atom stereocenters. The predicted octanol–water partition coefficient (Wildman–Crippen LogP) is 2.77. The molecule has 1 rings (SSSR count). The maximum absolute atomic E-state index is 12.0. The van der Waals surface area contributed by atoms with Crippen LogP contribution in [0.4, 0.5) is 4.79 Å². The molecule has 0 radical (unpaired) electrons. The van der Waals surface area contributed by atoms with Gasteiger partial charge in [0.25, 0.3) is 0 Å². The highest BCUT2D eigenvalue weighted by Crippen LogP contribution is 2.28. The Morgan fingerprint density at radius 2 is 2.00 bits per heavy atom. The number of amides is 1. The molecule has 0 N–H and O–H groups in total. The van der Waals surface area contributed by atoms with Crippen molar-refractivity contribution < 1.29 is 14.3 Å². The van der Waals surface area contributed by atoms with Crippen LogP contribution in [-0.2, 0) is 9.47 Å². The van der Waals surface area contributed by atoms with Crippen LogP contribution in [0.5, 0.6) is 0 Å². The third-order valence-corrected chi connectivity index (χ3v) is 2.80. The van der Waals surface area contributed by atoms with Crippen molar-refractivity contribution in [1.82, 2.24) is 4.90 Å². The fraction of sp³-hybridized carbons (Fsp3) is 0.917. The first-order chi connectivity index (χ1) is 7.39.